The molecule has 154 valence electrons. The Bertz CT molecular complexity index is 1030. The molecule has 2 aromatic carbocycles. The van der Waals surface area contributed by atoms with Crippen LogP contribution in [0.15, 0.2) is 54.6 Å². The molecule has 1 aromatic heterocycles. The number of nitrogens with zero attached hydrogens (tertiary/aromatic N) is 3. The van der Waals surface area contributed by atoms with Gasteiger partial charge in [0.1, 0.15) is 23.3 Å². The molecular formula is C22H23FN6O. The highest BCUT2D eigenvalue weighted by molar-refractivity contribution is 5.99. The van der Waals surface area contributed by atoms with Crippen molar-refractivity contribution in [1.29, 1.82) is 0 Å². The molecule has 0 spiro atoms. The quantitative estimate of drug-likeness (QED) is 0.561. The Balaban J connectivity index is 1.39. The van der Waals surface area contributed by atoms with Gasteiger partial charge in [0.2, 0.25) is 0 Å². The first-order valence-corrected chi connectivity index (χ1v) is 9.87. The molecule has 0 saturated carbocycles. The molecule has 3 aromatic rings. The van der Waals surface area contributed by atoms with Gasteiger partial charge in [-0.15, -0.1) is 0 Å². The van der Waals surface area contributed by atoms with Crippen molar-refractivity contribution in [2.45, 2.75) is 19.8 Å². The molecule has 7 nitrogen and oxygen atoms in total. The molecule has 1 saturated heterocycles. The van der Waals surface area contributed by atoms with Crippen molar-refractivity contribution in [3.8, 4) is 0 Å². The van der Waals surface area contributed by atoms with E-state index in [1.807, 2.05) is 25.1 Å². The van der Waals surface area contributed by atoms with Crippen LogP contribution < -0.4 is 20.9 Å². The average molecular weight is 406 g/mol. The van der Waals surface area contributed by atoms with Gasteiger partial charge in [-0.3, -0.25) is 0 Å². The van der Waals surface area contributed by atoms with Crippen LogP contribution in [0.1, 0.15) is 18.7 Å². The van der Waals surface area contributed by atoms with Gasteiger partial charge in [0.05, 0.1) is 5.69 Å². The number of aryl methyl sites for hydroxylation is 1. The first-order chi connectivity index (χ1) is 14.6. The normalized spacial score (nSPS) is 13.2. The number of anilines is 5. The van der Waals surface area contributed by atoms with Crippen LogP contribution in [-0.4, -0.2) is 29.1 Å². The van der Waals surface area contributed by atoms with Crippen LogP contribution in [0.25, 0.3) is 0 Å². The summed E-state index contributed by atoms with van der Waals surface area (Å²) in [4.78, 5) is 23.4. The molecule has 0 aliphatic carbocycles. The molecule has 0 bridgehead atoms. The van der Waals surface area contributed by atoms with Crippen LogP contribution >= 0.6 is 0 Å². The summed E-state index contributed by atoms with van der Waals surface area (Å²) in [6.07, 6.45) is 2.37. The zero-order chi connectivity index (χ0) is 20.9. The zero-order valence-electron chi connectivity index (χ0n) is 16.7. The number of hydrogen-bond donors (Lipinski definition) is 3. The van der Waals surface area contributed by atoms with Crippen LogP contribution in [0.2, 0.25) is 0 Å². The van der Waals surface area contributed by atoms with Crippen LogP contribution in [0.4, 0.5) is 37.9 Å². The van der Waals surface area contributed by atoms with Crippen LogP contribution in [-0.2, 0) is 0 Å². The van der Waals surface area contributed by atoms with Crippen LogP contribution in [0, 0.1) is 12.7 Å². The molecule has 30 heavy (non-hydrogen) atoms. The first-order valence-electron chi connectivity index (χ1n) is 9.87. The highest BCUT2D eigenvalue weighted by atomic mass is 19.1. The number of rotatable bonds is 5. The van der Waals surface area contributed by atoms with Crippen molar-refractivity contribution in [3.63, 3.8) is 0 Å². The summed E-state index contributed by atoms with van der Waals surface area (Å²) in [5.41, 5.74) is 1.55. The maximum atomic E-state index is 13.6. The van der Waals surface area contributed by atoms with E-state index in [0.717, 1.165) is 30.4 Å². The number of hydrogen-bond acceptors (Lipinski definition) is 5. The number of carbonyl (C=O) groups is 1. The van der Waals surface area contributed by atoms with Gasteiger partial charge in [-0.05, 0) is 56.2 Å². The number of para-hydroxylation sites is 1. The third kappa shape index (κ3) is 4.83. The molecule has 2 amide bonds. The molecule has 0 atom stereocenters. The van der Waals surface area contributed by atoms with Crippen molar-refractivity contribution < 1.29 is 9.18 Å². The second kappa shape index (κ2) is 8.77. The summed E-state index contributed by atoms with van der Waals surface area (Å²) >= 11 is 0. The smallest absolute Gasteiger partial charge is 0.323 e. The summed E-state index contributed by atoms with van der Waals surface area (Å²) in [6.45, 7) is 3.92. The van der Waals surface area contributed by atoms with Crippen molar-refractivity contribution in [3.05, 3.63) is 66.2 Å². The highest BCUT2D eigenvalue weighted by Gasteiger charge is 2.15. The zero-order valence-corrected chi connectivity index (χ0v) is 16.7. The molecule has 8 heteroatoms. The van der Waals surface area contributed by atoms with Crippen LogP contribution in [0.3, 0.4) is 0 Å². The van der Waals surface area contributed by atoms with Crippen molar-refractivity contribution in [2.24, 2.45) is 0 Å². The topological polar surface area (TPSA) is 82.2 Å². The average Bonchev–Trinajstić information content (AvgIpc) is 3.26. The fraction of sp³-hybridized carbons (Fsp3) is 0.227. The number of carbonyl (C=O) groups excluding carboxylic acids is 1. The summed E-state index contributed by atoms with van der Waals surface area (Å²) in [5.74, 6) is 1.89. The molecule has 3 N–H and O–H groups in total. The van der Waals surface area contributed by atoms with E-state index in [-0.39, 0.29) is 5.69 Å². The lowest BCUT2D eigenvalue weighted by molar-refractivity contribution is 0.262. The Hall–Kier alpha value is -3.68. The molecule has 4 rings (SSSR count). The van der Waals surface area contributed by atoms with Crippen molar-refractivity contribution >= 4 is 34.7 Å². The minimum Gasteiger partial charge on any atom is -0.356 e. The number of halogens is 1. The summed E-state index contributed by atoms with van der Waals surface area (Å²) in [5, 5.41) is 8.46. The number of nitrogens with one attached hydrogen (secondary N) is 3. The lowest BCUT2D eigenvalue weighted by Crippen LogP contribution is -2.20. The summed E-state index contributed by atoms with van der Waals surface area (Å²) < 4.78 is 13.6. The van der Waals surface area contributed by atoms with E-state index < -0.39 is 11.8 Å². The lowest BCUT2D eigenvalue weighted by Gasteiger charge is -2.18. The third-order valence-electron chi connectivity index (χ3n) is 4.79. The molecule has 1 aliphatic rings. The summed E-state index contributed by atoms with van der Waals surface area (Å²) in [6, 6.07) is 14.7. The Kier molecular flexibility index (Phi) is 5.74. The molecule has 1 aliphatic heterocycles. The van der Waals surface area contributed by atoms with E-state index >= 15 is 0 Å². The van der Waals surface area contributed by atoms with Gasteiger partial charge in [-0.1, -0.05) is 12.1 Å². The van der Waals surface area contributed by atoms with Gasteiger partial charge in [-0.2, -0.15) is 0 Å². The Morgan fingerprint density at radius 2 is 1.67 bits per heavy atom. The Morgan fingerprint density at radius 1 is 0.967 bits per heavy atom. The minimum atomic E-state index is -0.512. The van der Waals surface area contributed by atoms with Gasteiger partial charge in [0.15, 0.2) is 0 Å². The number of aromatic nitrogens is 2. The van der Waals surface area contributed by atoms with E-state index in [1.165, 1.54) is 25.0 Å². The fourth-order valence-electron chi connectivity index (χ4n) is 3.36. The second-order valence-corrected chi connectivity index (χ2v) is 7.11. The monoisotopic (exact) mass is 406 g/mol. The maximum Gasteiger partial charge on any atom is 0.323 e. The second-order valence-electron chi connectivity index (χ2n) is 7.11. The predicted molar refractivity (Wildman–Crippen MR) is 117 cm³/mol. The largest absolute Gasteiger partial charge is 0.356 e. The van der Waals surface area contributed by atoms with Gasteiger partial charge in [0, 0.05) is 30.5 Å². The van der Waals surface area contributed by atoms with Gasteiger partial charge >= 0.3 is 6.03 Å². The van der Waals surface area contributed by atoms with E-state index in [1.54, 1.807) is 24.3 Å². The van der Waals surface area contributed by atoms with Crippen molar-refractivity contribution in [1.82, 2.24) is 9.97 Å². The number of benzene rings is 2. The minimum absolute atomic E-state index is 0.126. The first kappa shape index (κ1) is 19.6. The maximum absolute atomic E-state index is 13.6. The standard InChI is InChI=1S/C22H23FN6O/c1-15-24-20(14-21(25-15)29-12-4-5-13-29)26-16-8-10-17(11-9-16)27-22(30)28-19-7-3-2-6-18(19)23/h2-3,6-11,14H,4-5,12-13H2,1H3,(H,24,25,26)(H2,27,28,30). The number of amides is 2. The highest BCUT2D eigenvalue weighted by Crippen LogP contribution is 2.23. The van der Waals surface area contributed by atoms with Crippen LogP contribution in [0.5, 0.6) is 0 Å². The number of urea groups is 1. The van der Waals surface area contributed by atoms with Crippen molar-refractivity contribution in [2.75, 3.05) is 33.9 Å². The van der Waals surface area contributed by atoms with E-state index in [0.29, 0.717) is 11.5 Å². The Labute approximate surface area is 174 Å². The van der Waals surface area contributed by atoms with Gasteiger partial charge in [0.25, 0.3) is 0 Å². The van der Waals surface area contributed by atoms with Gasteiger partial charge < -0.3 is 20.9 Å². The van der Waals surface area contributed by atoms with Gasteiger partial charge in [-0.25, -0.2) is 19.2 Å². The SMILES string of the molecule is Cc1nc(Nc2ccc(NC(=O)Nc3ccccc3F)cc2)cc(N2CCCC2)n1. The summed E-state index contributed by atoms with van der Waals surface area (Å²) in [7, 11) is 0. The van der Waals surface area contributed by atoms with E-state index in [4.69, 9.17) is 0 Å². The fourth-order valence-corrected chi connectivity index (χ4v) is 3.36. The van der Waals surface area contributed by atoms with E-state index in [9.17, 15) is 9.18 Å². The molecule has 0 radical (unpaired) electrons. The molecular weight excluding hydrogens is 383 g/mol. The lowest BCUT2D eigenvalue weighted by atomic mass is 10.2. The molecule has 0 unspecified atom stereocenters. The Morgan fingerprint density at radius 3 is 2.40 bits per heavy atom. The predicted octanol–water partition coefficient (Wildman–Crippen LogP) is 4.91. The third-order valence-corrected chi connectivity index (χ3v) is 4.79. The molecule has 2 heterocycles. The van der Waals surface area contributed by atoms with E-state index in [2.05, 4.69) is 30.8 Å². The molecule has 1 fully saturated rings.